The van der Waals surface area contributed by atoms with Gasteiger partial charge in [0.05, 0.1) is 0 Å². The maximum Gasteiger partial charge on any atom is -0.0351 e. The molecule has 0 heterocycles. The summed E-state index contributed by atoms with van der Waals surface area (Å²) in [4.78, 5) is 0. The molecule has 0 nitrogen and oxygen atoms in total. The van der Waals surface area contributed by atoms with Crippen LogP contribution >= 0.6 is 0 Å². The minimum Gasteiger partial charge on any atom is -0.103 e. The van der Waals surface area contributed by atoms with Crippen molar-refractivity contribution in [2.75, 3.05) is 0 Å². The fourth-order valence-electron chi connectivity index (χ4n) is 3.06. The summed E-state index contributed by atoms with van der Waals surface area (Å²) in [5.41, 5.74) is 0. The fourth-order valence-corrected chi connectivity index (χ4v) is 3.06. The van der Waals surface area contributed by atoms with Gasteiger partial charge in [0.25, 0.3) is 0 Å². The summed E-state index contributed by atoms with van der Waals surface area (Å²) in [6.45, 7) is 3.78. The average molecular weight is 150 g/mol. The highest BCUT2D eigenvalue weighted by atomic mass is 14.4. The summed E-state index contributed by atoms with van der Waals surface area (Å²) in [6, 6.07) is 0. The zero-order valence-electron chi connectivity index (χ0n) is 7.26. The van der Waals surface area contributed by atoms with Crippen LogP contribution in [0.1, 0.15) is 38.5 Å². The molecule has 0 spiro atoms. The maximum atomic E-state index is 3.78. The normalized spacial score (nSPS) is 41.3. The van der Waals surface area contributed by atoms with Crippen molar-refractivity contribution < 1.29 is 0 Å². The third-order valence-electron chi connectivity index (χ3n) is 3.63. The molecule has 2 saturated carbocycles. The monoisotopic (exact) mass is 150 g/mol. The van der Waals surface area contributed by atoms with E-state index < -0.39 is 0 Å². The average Bonchev–Trinajstić information content (AvgIpc) is 2.60. The van der Waals surface area contributed by atoms with Gasteiger partial charge in [-0.2, -0.15) is 0 Å². The number of hydrogen-bond donors (Lipinski definition) is 0. The minimum absolute atomic E-state index is 1.08. The molecular formula is C11H18. The van der Waals surface area contributed by atoms with Crippen molar-refractivity contribution in [1.29, 1.82) is 0 Å². The smallest absolute Gasteiger partial charge is 0.0351 e. The zero-order valence-corrected chi connectivity index (χ0v) is 7.26. The Morgan fingerprint density at radius 3 is 2.73 bits per heavy atom. The van der Waals surface area contributed by atoms with Gasteiger partial charge in [-0.05, 0) is 49.9 Å². The second-order valence-corrected chi connectivity index (χ2v) is 4.30. The van der Waals surface area contributed by atoms with Gasteiger partial charge in [-0.15, -0.1) is 6.58 Å². The third-order valence-corrected chi connectivity index (χ3v) is 3.63. The lowest BCUT2D eigenvalue weighted by Gasteiger charge is -2.20. The van der Waals surface area contributed by atoms with E-state index in [0.717, 1.165) is 17.8 Å². The van der Waals surface area contributed by atoms with E-state index in [1.165, 1.54) is 25.7 Å². The van der Waals surface area contributed by atoms with Crippen LogP contribution in [0.4, 0.5) is 0 Å². The summed E-state index contributed by atoms with van der Waals surface area (Å²) in [5, 5.41) is 0. The molecule has 2 aliphatic rings. The van der Waals surface area contributed by atoms with Gasteiger partial charge in [-0.25, -0.2) is 0 Å². The maximum absolute atomic E-state index is 3.78. The largest absolute Gasteiger partial charge is 0.103 e. The van der Waals surface area contributed by atoms with Crippen molar-refractivity contribution in [3.8, 4) is 0 Å². The first kappa shape index (κ1) is 7.39. The summed E-state index contributed by atoms with van der Waals surface area (Å²) >= 11 is 0. The van der Waals surface area contributed by atoms with Gasteiger partial charge in [0.2, 0.25) is 0 Å². The quantitative estimate of drug-likeness (QED) is 0.541. The number of hydrogen-bond acceptors (Lipinski definition) is 0. The molecule has 11 heavy (non-hydrogen) atoms. The second-order valence-electron chi connectivity index (χ2n) is 4.30. The second kappa shape index (κ2) is 3.00. The summed E-state index contributed by atoms with van der Waals surface area (Å²) in [6.07, 6.45) is 10.9. The molecule has 0 N–H and O–H groups in total. The van der Waals surface area contributed by atoms with Crippen LogP contribution in [0, 0.1) is 17.8 Å². The highest BCUT2D eigenvalue weighted by Gasteiger charge is 2.38. The Hall–Kier alpha value is -0.260. The van der Waals surface area contributed by atoms with Crippen LogP contribution in [0.3, 0.4) is 0 Å². The van der Waals surface area contributed by atoms with E-state index in [9.17, 15) is 0 Å². The van der Waals surface area contributed by atoms with Crippen molar-refractivity contribution in [3.63, 3.8) is 0 Å². The summed E-state index contributed by atoms with van der Waals surface area (Å²) in [7, 11) is 0. The molecule has 2 aliphatic carbocycles. The molecule has 2 rings (SSSR count). The fraction of sp³-hybridized carbons (Fsp3) is 0.818. The van der Waals surface area contributed by atoms with Crippen LogP contribution < -0.4 is 0 Å². The van der Waals surface area contributed by atoms with Gasteiger partial charge in [-0.1, -0.05) is 12.5 Å². The van der Waals surface area contributed by atoms with Crippen molar-refractivity contribution in [1.82, 2.24) is 0 Å². The Kier molecular flexibility index (Phi) is 2.02. The van der Waals surface area contributed by atoms with E-state index in [-0.39, 0.29) is 0 Å². The molecule has 2 fully saturated rings. The molecule has 0 aromatic heterocycles. The Bertz CT molecular complexity index is 148. The minimum atomic E-state index is 1.08. The molecule has 2 unspecified atom stereocenters. The molecule has 0 amide bonds. The van der Waals surface area contributed by atoms with E-state index in [1.54, 1.807) is 12.8 Å². The van der Waals surface area contributed by atoms with Crippen LogP contribution in [-0.4, -0.2) is 0 Å². The first-order valence-electron chi connectivity index (χ1n) is 5.01. The molecule has 0 aromatic carbocycles. The van der Waals surface area contributed by atoms with Gasteiger partial charge in [0.1, 0.15) is 0 Å². The summed E-state index contributed by atoms with van der Waals surface area (Å²) in [5.74, 6) is 3.31. The van der Waals surface area contributed by atoms with Crippen molar-refractivity contribution in [2.45, 2.75) is 38.5 Å². The SMILES string of the molecule is C=CCCC1CC2CCC1C2. The van der Waals surface area contributed by atoms with Crippen molar-refractivity contribution in [3.05, 3.63) is 12.7 Å². The number of rotatable bonds is 3. The van der Waals surface area contributed by atoms with Gasteiger partial charge in [-0.3, -0.25) is 0 Å². The standard InChI is InChI=1S/C11H18/c1-2-3-4-10-7-9-5-6-11(10)8-9/h2,9-11H,1,3-8H2. The van der Waals surface area contributed by atoms with E-state index in [0.29, 0.717) is 0 Å². The molecular weight excluding hydrogens is 132 g/mol. The van der Waals surface area contributed by atoms with Gasteiger partial charge >= 0.3 is 0 Å². The highest BCUT2D eigenvalue weighted by molar-refractivity contribution is 4.90. The Labute approximate surface area is 69.7 Å². The van der Waals surface area contributed by atoms with Crippen LogP contribution in [0.5, 0.6) is 0 Å². The lowest BCUT2D eigenvalue weighted by atomic mass is 9.86. The molecule has 0 aliphatic heterocycles. The molecule has 0 aromatic rings. The van der Waals surface area contributed by atoms with Crippen molar-refractivity contribution >= 4 is 0 Å². The van der Waals surface area contributed by atoms with Gasteiger partial charge in [0.15, 0.2) is 0 Å². The molecule has 2 atom stereocenters. The molecule has 0 heteroatoms. The Morgan fingerprint density at radius 1 is 1.27 bits per heavy atom. The third kappa shape index (κ3) is 1.36. The van der Waals surface area contributed by atoms with Crippen LogP contribution in [-0.2, 0) is 0 Å². The predicted molar refractivity (Wildman–Crippen MR) is 48.4 cm³/mol. The number of fused-ring (bicyclic) bond motifs is 2. The predicted octanol–water partition coefficient (Wildman–Crippen LogP) is 3.39. The molecule has 0 radical (unpaired) electrons. The lowest BCUT2D eigenvalue weighted by molar-refractivity contribution is 0.316. The Balaban J connectivity index is 1.83. The molecule has 62 valence electrons. The van der Waals surface area contributed by atoms with E-state index >= 15 is 0 Å². The van der Waals surface area contributed by atoms with Crippen LogP contribution in [0.15, 0.2) is 12.7 Å². The highest BCUT2D eigenvalue weighted by Crippen LogP contribution is 2.49. The first-order chi connectivity index (χ1) is 5.40. The van der Waals surface area contributed by atoms with Gasteiger partial charge < -0.3 is 0 Å². The van der Waals surface area contributed by atoms with Crippen LogP contribution in [0.2, 0.25) is 0 Å². The van der Waals surface area contributed by atoms with Crippen molar-refractivity contribution in [2.24, 2.45) is 17.8 Å². The Morgan fingerprint density at radius 2 is 2.18 bits per heavy atom. The molecule has 2 bridgehead atoms. The topological polar surface area (TPSA) is 0 Å². The lowest BCUT2D eigenvalue weighted by Crippen LogP contribution is -2.09. The van der Waals surface area contributed by atoms with E-state index in [4.69, 9.17) is 0 Å². The molecule has 0 saturated heterocycles. The van der Waals surface area contributed by atoms with E-state index in [2.05, 4.69) is 12.7 Å². The summed E-state index contributed by atoms with van der Waals surface area (Å²) < 4.78 is 0. The number of allylic oxidation sites excluding steroid dienone is 1. The van der Waals surface area contributed by atoms with Crippen LogP contribution in [0.25, 0.3) is 0 Å². The van der Waals surface area contributed by atoms with E-state index in [1.807, 2.05) is 0 Å². The zero-order chi connectivity index (χ0) is 7.68. The van der Waals surface area contributed by atoms with Gasteiger partial charge in [0, 0.05) is 0 Å². The first-order valence-corrected chi connectivity index (χ1v) is 5.01.